The minimum absolute atomic E-state index is 0.0174. The molecular weight excluding hydrogens is 358 g/mol. The van der Waals surface area contributed by atoms with Crippen LogP contribution in [0.1, 0.15) is 55.1 Å². The summed E-state index contributed by atoms with van der Waals surface area (Å²) in [6.07, 6.45) is 2.58. The highest BCUT2D eigenvalue weighted by atomic mass is 16.1. The molecule has 1 aliphatic heterocycles. The monoisotopic (exact) mass is 393 g/mol. The molecular formula is C25H35N3O. The molecule has 1 aliphatic rings. The molecule has 1 amide bonds. The maximum absolute atomic E-state index is 12.5. The molecule has 156 valence electrons. The Morgan fingerprint density at radius 2 is 1.55 bits per heavy atom. The molecule has 0 atom stereocenters. The van der Waals surface area contributed by atoms with Gasteiger partial charge in [0.25, 0.3) is 5.91 Å². The van der Waals surface area contributed by atoms with Gasteiger partial charge in [-0.15, -0.1) is 0 Å². The Hall–Kier alpha value is -2.33. The lowest BCUT2D eigenvalue weighted by Gasteiger charge is -2.30. The number of nitrogens with one attached hydrogen (secondary N) is 1. The second kappa shape index (κ2) is 10.4. The van der Waals surface area contributed by atoms with E-state index < -0.39 is 0 Å². The minimum atomic E-state index is -0.0174. The molecule has 0 saturated carbocycles. The van der Waals surface area contributed by atoms with Crippen molar-refractivity contribution in [3.8, 4) is 0 Å². The van der Waals surface area contributed by atoms with Crippen molar-refractivity contribution >= 4 is 11.6 Å². The standard InChI is InChI=1S/C25H35N3O/c1-4-28(5-2)24-12-8-21(9-13-24)18-26-25(29)23-10-6-22(7-11-23)19-27-16-14-20(3)15-17-27/h6-13,20H,4-5,14-19H2,1-3H3,(H,26,29). The molecule has 4 heteroatoms. The highest BCUT2D eigenvalue weighted by Gasteiger charge is 2.15. The number of rotatable bonds is 8. The van der Waals surface area contributed by atoms with E-state index in [2.05, 4.69) is 72.3 Å². The SMILES string of the molecule is CCN(CC)c1ccc(CNC(=O)c2ccc(CN3CCC(C)CC3)cc2)cc1. The largest absolute Gasteiger partial charge is 0.372 e. The number of carbonyl (C=O) groups is 1. The van der Waals surface area contributed by atoms with Gasteiger partial charge in [-0.05, 0) is 81.1 Å². The van der Waals surface area contributed by atoms with E-state index in [0.717, 1.165) is 36.7 Å². The van der Waals surface area contributed by atoms with Crippen molar-refractivity contribution in [3.63, 3.8) is 0 Å². The predicted octanol–water partition coefficient (Wildman–Crippen LogP) is 4.69. The molecule has 29 heavy (non-hydrogen) atoms. The van der Waals surface area contributed by atoms with Gasteiger partial charge in [0.2, 0.25) is 0 Å². The quantitative estimate of drug-likeness (QED) is 0.706. The molecule has 0 bridgehead atoms. The summed E-state index contributed by atoms with van der Waals surface area (Å²) in [7, 11) is 0. The molecule has 2 aromatic carbocycles. The molecule has 0 radical (unpaired) electrons. The van der Waals surface area contributed by atoms with Gasteiger partial charge in [0.05, 0.1) is 0 Å². The second-order valence-electron chi connectivity index (χ2n) is 8.18. The summed E-state index contributed by atoms with van der Waals surface area (Å²) in [5, 5.41) is 3.03. The number of amides is 1. The lowest BCUT2D eigenvalue weighted by molar-refractivity contribution is 0.0951. The van der Waals surface area contributed by atoms with Gasteiger partial charge in [-0.2, -0.15) is 0 Å². The van der Waals surface area contributed by atoms with Crippen molar-refractivity contribution in [1.29, 1.82) is 0 Å². The molecule has 1 N–H and O–H groups in total. The summed E-state index contributed by atoms with van der Waals surface area (Å²) >= 11 is 0. The zero-order chi connectivity index (χ0) is 20.6. The summed E-state index contributed by atoms with van der Waals surface area (Å²) in [6.45, 7) is 12.5. The molecule has 4 nitrogen and oxygen atoms in total. The number of hydrogen-bond acceptors (Lipinski definition) is 3. The van der Waals surface area contributed by atoms with Crippen LogP contribution in [0.3, 0.4) is 0 Å². The predicted molar refractivity (Wildman–Crippen MR) is 121 cm³/mol. The average Bonchev–Trinajstić information content (AvgIpc) is 2.76. The zero-order valence-electron chi connectivity index (χ0n) is 18.2. The summed E-state index contributed by atoms with van der Waals surface area (Å²) in [4.78, 5) is 17.3. The fourth-order valence-electron chi connectivity index (χ4n) is 3.94. The summed E-state index contributed by atoms with van der Waals surface area (Å²) in [5.74, 6) is 0.835. The van der Waals surface area contributed by atoms with Crippen molar-refractivity contribution in [2.24, 2.45) is 5.92 Å². The van der Waals surface area contributed by atoms with Crippen LogP contribution >= 0.6 is 0 Å². The Balaban J connectivity index is 1.49. The Kier molecular flexibility index (Phi) is 7.70. The van der Waals surface area contributed by atoms with Crippen molar-refractivity contribution < 1.29 is 4.79 Å². The van der Waals surface area contributed by atoms with E-state index in [1.54, 1.807) is 0 Å². The van der Waals surface area contributed by atoms with Gasteiger partial charge in [-0.3, -0.25) is 9.69 Å². The molecule has 0 spiro atoms. The zero-order valence-corrected chi connectivity index (χ0v) is 18.2. The number of hydrogen-bond donors (Lipinski definition) is 1. The third kappa shape index (κ3) is 6.07. The molecule has 3 rings (SSSR count). The van der Waals surface area contributed by atoms with Crippen molar-refractivity contribution in [1.82, 2.24) is 10.2 Å². The smallest absolute Gasteiger partial charge is 0.251 e. The Bertz CT molecular complexity index is 758. The van der Waals surface area contributed by atoms with Crippen LogP contribution in [0.4, 0.5) is 5.69 Å². The Morgan fingerprint density at radius 1 is 0.966 bits per heavy atom. The maximum atomic E-state index is 12.5. The summed E-state index contributed by atoms with van der Waals surface area (Å²) in [6, 6.07) is 16.5. The molecule has 1 saturated heterocycles. The van der Waals surface area contributed by atoms with Gasteiger partial charge >= 0.3 is 0 Å². The number of nitrogens with zero attached hydrogens (tertiary/aromatic N) is 2. The molecule has 0 unspecified atom stereocenters. The molecule has 1 fully saturated rings. The molecule has 2 aromatic rings. The van der Waals surface area contributed by atoms with Crippen LogP contribution < -0.4 is 10.2 Å². The van der Waals surface area contributed by atoms with Gasteiger partial charge in [-0.25, -0.2) is 0 Å². The van der Waals surface area contributed by atoms with Gasteiger partial charge < -0.3 is 10.2 Å². The van der Waals surface area contributed by atoms with Crippen LogP contribution in [-0.2, 0) is 13.1 Å². The van der Waals surface area contributed by atoms with Gasteiger partial charge in [0, 0.05) is 37.4 Å². The first-order valence-electron chi connectivity index (χ1n) is 11.0. The number of piperidine rings is 1. The van der Waals surface area contributed by atoms with Crippen molar-refractivity contribution in [3.05, 3.63) is 65.2 Å². The minimum Gasteiger partial charge on any atom is -0.372 e. The fourth-order valence-corrected chi connectivity index (χ4v) is 3.94. The first-order valence-corrected chi connectivity index (χ1v) is 11.0. The van der Waals surface area contributed by atoms with Crippen molar-refractivity contribution in [2.75, 3.05) is 31.1 Å². The van der Waals surface area contributed by atoms with Crippen LogP contribution in [-0.4, -0.2) is 37.0 Å². The van der Waals surface area contributed by atoms with Gasteiger partial charge in [0.1, 0.15) is 0 Å². The van der Waals surface area contributed by atoms with Gasteiger partial charge in [-0.1, -0.05) is 31.2 Å². The average molecular weight is 394 g/mol. The van der Waals surface area contributed by atoms with E-state index in [-0.39, 0.29) is 5.91 Å². The van der Waals surface area contributed by atoms with E-state index in [1.165, 1.54) is 37.2 Å². The van der Waals surface area contributed by atoms with Crippen molar-refractivity contribution in [2.45, 2.75) is 46.7 Å². The third-order valence-electron chi connectivity index (χ3n) is 6.02. The lowest BCUT2D eigenvalue weighted by Crippen LogP contribution is -2.32. The number of anilines is 1. The molecule has 0 aliphatic carbocycles. The fraction of sp³-hybridized carbons (Fsp3) is 0.480. The van der Waals surface area contributed by atoms with E-state index in [0.29, 0.717) is 6.54 Å². The first kappa shape index (κ1) is 21.4. The molecule has 1 heterocycles. The van der Waals surface area contributed by atoms with E-state index in [9.17, 15) is 4.79 Å². The highest BCUT2D eigenvalue weighted by Crippen LogP contribution is 2.18. The Labute approximate surface area is 175 Å². The van der Waals surface area contributed by atoms with Crippen LogP contribution in [0.25, 0.3) is 0 Å². The summed E-state index contributed by atoms with van der Waals surface area (Å²) < 4.78 is 0. The summed E-state index contributed by atoms with van der Waals surface area (Å²) in [5.41, 5.74) is 4.35. The first-order chi connectivity index (χ1) is 14.1. The van der Waals surface area contributed by atoms with Crippen LogP contribution in [0.2, 0.25) is 0 Å². The third-order valence-corrected chi connectivity index (χ3v) is 6.02. The topological polar surface area (TPSA) is 35.6 Å². The van der Waals surface area contributed by atoms with Gasteiger partial charge in [0.15, 0.2) is 0 Å². The highest BCUT2D eigenvalue weighted by molar-refractivity contribution is 5.94. The number of likely N-dealkylation sites (tertiary alicyclic amines) is 1. The lowest BCUT2D eigenvalue weighted by atomic mass is 9.99. The van der Waals surface area contributed by atoms with Crippen LogP contribution in [0.5, 0.6) is 0 Å². The number of carbonyl (C=O) groups excluding carboxylic acids is 1. The molecule has 0 aromatic heterocycles. The van der Waals surface area contributed by atoms with Crippen LogP contribution in [0, 0.1) is 5.92 Å². The normalized spacial score (nSPS) is 15.3. The number of benzene rings is 2. The Morgan fingerprint density at radius 3 is 2.14 bits per heavy atom. The van der Waals surface area contributed by atoms with E-state index in [1.807, 2.05) is 12.1 Å². The second-order valence-corrected chi connectivity index (χ2v) is 8.18. The van der Waals surface area contributed by atoms with E-state index in [4.69, 9.17) is 0 Å². The maximum Gasteiger partial charge on any atom is 0.251 e. The van der Waals surface area contributed by atoms with E-state index >= 15 is 0 Å². The van der Waals surface area contributed by atoms with Crippen LogP contribution in [0.15, 0.2) is 48.5 Å².